The first-order valence-corrected chi connectivity index (χ1v) is 5.38. The van der Waals surface area contributed by atoms with Crippen molar-refractivity contribution in [2.24, 2.45) is 0 Å². The van der Waals surface area contributed by atoms with Crippen LogP contribution in [0.2, 0.25) is 0 Å². The number of carbonyl (C=O) groups is 1. The highest BCUT2D eigenvalue weighted by Crippen LogP contribution is 2.24. The lowest BCUT2D eigenvalue weighted by atomic mass is 10.1. The van der Waals surface area contributed by atoms with E-state index in [2.05, 4.69) is 0 Å². The van der Waals surface area contributed by atoms with Gasteiger partial charge in [-0.25, -0.2) is 4.79 Å². The minimum absolute atomic E-state index is 0.0541. The van der Waals surface area contributed by atoms with Crippen molar-refractivity contribution in [3.8, 4) is 0 Å². The average Bonchev–Trinajstić information content (AvgIpc) is 2.56. The van der Waals surface area contributed by atoms with E-state index in [1.54, 1.807) is 25.1 Å². The molecule has 1 fully saturated rings. The molecule has 0 saturated carbocycles. The van der Waals surface area contributed by atoms with Gasteiger partial charge in [-0.15, -0.1) is 0 Å². The minimum atomic E-state index is -1.09. The van der Waals surface area contributed by atoms with E-state index >= 15 is 0 Å². The van der Waals surface area contributed by atoms with Crippen molar-refractivity contribution >= 4 is 11.8 Å². The summed E-state index contributed by atoms with van der Waals surface area (Å²) in [5, 5.41) is 20.6. The molecule has 7 heteroatoms. The number of para-hydroxylation sites is 1. The van der Waals surface area contributed by atoms with E-state index in [0.717, 1.165) is 4.90 Å². The Bertz CT molecular complexity index is 490. The lowest BCUT2D eigenvalue weighted by Crippen LogP contribution is -2.35. The zero-order valence-corrected chi connectivity index (χ0v) is 9.65. The van der Waals surface area contributed by atoms with Crippen molar-refractivity contribution in [2.75, 3.05) is 0 Å². The summed E-state index contributed by atoms with van der Waals surface area (Å²) >= 11 is 0. The number of rotatable bonds is 3. The summed E-state index contributed by atoms with van der Waals surface area (Å²) in [7, 11) is 0. The Labute approximate surface area is 103 Å². The van der Waals surface area contributed by atoms with Crippen LogP contribution in [0.25, 0.3) is 0 Å². The molecule has 0 aromatic heterocycles. The van der Waals surface area contributed by atoms with Crippen LogP contribution in [0.1, 0.15) is 12.5 Å². The lowest BCUT2D eigenvalue weighted by molar-refractivity contribution is -0.385. The summed E-state index contributed by atoms with van der Waals surface area (Å²) in [6.45, 7) is 1.50. The molecule has 2 unspecified atom stereocenters. The van der Waals surface area contributed by atoms with Gasteiger partial charge in [-0.2, -0.15) is 0 Å². The molecule has 7 nitrogen and oxygen atoms in total. The third kappa shape index (κ3) is 2.12. The number of hydrogen-bond acceptors (Lipinski definition) is 5. The molecule has 18 heavy (non-hydrogen) atoms. The first-order chi connectivity index (χ1) is 8.50. The molecule has 0 aliphatic carbocycles. The van der Waals surface area contributed by atoms with Crippen molar-refractivity contribution in [3.05, 3.63) is 39.9 Å². The van der Waals surface area contributed by atoms with E-state index in [1.807, 2.05) is 0 Å². The van der Waals surface area contributed by atoms with Gasteiger partial charge in [0.1, 0.15) is 6.10 Å². The SMILES string of the molecule is CC1OC(=O)N(Cc2ccccc2[N+](=O)[O-])C1O. The molecule has 1 aromatic rings. The van der Waals surface area contributed by atoms with Crippen LogP contribution >= 0.6 is 0 Å². The predicted molar refractivity (Wildman–Crippen MR) is 60.6 cm³/mol. The van der Waals surface area contributed by atoms with Gasteiger partial charge in [0.2, 0.25) is 0 Å². The Hall–Kier alpha value is -2.15. The highest BCUT2D eigenvalue weighted by molar-refractivity contribution is 5.70. The van der Waals surface area contributed by atoms with E-state index in [-0.39, 0.29) is 12.2 Å². The van der Waals surface area contributed by atoms with Crippen LogP contribution in [0.15, 0.2) is 24.3 Å². The van der Waals surface area contributed by atoms with E-state index in [4.69, 9.17) is 4.74 Å². The van der Waals surface area contributed by atoms with E-state index in [0.29, 0.717) is 5.56 Å². The van der Waals surface area contributed by atoms with E-state index in [9.17, 15) is 20.0 Å². The van der Waals surface area contributed by atoms with Crippen LogP contribution in [-0.2, 0) is 11.3 Å². The normalized spacial score (nSPS) is 23.0. The second kappa shape index (κ2) is 4.61. The van der Waals surface area contributed by atoms with Crippen molar-refractivity contribution in [3.63, 3.8) is 0 Å². The Morgan fingerprint density at radius 2 is 2.17 bits per heavy atom. The van der Waals surface area contributed by atoms with Crippen molar-refractivity contribution < 1.29 is 19.6 Å². The molecule has 1 saturated heterocycles. The molecule has 0 spiro atoms. The molecule has 1 aliphatic heterocycles. The Kier molecular flexibility index (Phi) is 3.15. The van der Waals surface area contributed by atoms with Gasteiger partial charge < -0.3 is 9.84 Å². The topological polar surface area (TPSA) is 92.9 Å². The van der Waals surface area contributed by atoms with Gasteiger partial charge in [-0.3, -0.25) is 15.0 Å². The van der Waals surface area contributed by atoms with Crippen LogP contribution in [0.3, 0.4) is 0 Å². The molecule has 2 atom stereocenters. The van der Waals surface area contributed by atoms with Crippen LogP contribution in [-0.4, -0.2) is 33.4 Å². The van der Waals surface area contributed by atoms with Gasteiger partial charge in [-0.1, -0.05) is 18.2 Å². The summed E-state index contributed by atoms with van der Waals surface area (Å²) in [6.07, 6.45) is -2.40. The van der Waals surface area contributed by atoms with Crippen molar-refractivity contribution in [2.45, 2.75) is 25.8 Å². The first-order valence-electron chi connectivity index (χ1n) is 5.38. The first kappa shape index (κ1) is 12.3. The molecular formula is C11H12N2O5. The molecule has 1 amide bonds. The monoisotopic (exact) mass is 252 g/mol. The number of aliphatic hydroxyl groups is 1. The van der Waals surface area contributed by atoms with Crippen molar-refractivity contribution in [1.82, 2.24) is 4.90 Å². The van der Waals surface area contributed by atoms with Crippen LogP contribution in [0.5, 0.6) is 0 Å². The highest BCUT2D eigenvalue weighted by atomic mass is 16.6. The van der Waals surface area contributed by atoms with Crippen LogP contribution in [0, 0.1) is 10.1 Å². The molecule has 1 aromatic carbocycles. The number of hydrogen-bond donors (Lipinski definition) is 1. The lowest BCUT2D eigenvalue weighted by Gasteiger charge is -2.17. The number of nitrogens with zero attached hydrogens (tertiary/aromatic N) is 2. The summed E-state index contributed by atoms with van der Waals surface area (Å²) in [6, 6.07) is 6.08. The van der Waals surface area contributed by atoms with E-state index < -0.39 is 23.3 Å². The number of aliphatic hydroxyl groups excluding tert-OH is 1. The quantitative estimate of drug-likeness (QED) is 0.645. The number of benzene rings is 1. The maximum Gasteiger partial charge on any atom is 0.412 e. The number of nitro benzene ring substituents is 1. The predicted octanol–water partition coefficient (Wildman–Crippen LogP) is 1.25. The molecule has 2 rings (SSSR count). The maximum atomic E-state index is 11.5. The minimum Gasteiger partial charge on any atom is -0.442 e. The molecular weight excluding hydrogens is 240 g/mol. The zero-order chi connectivity index (χ0) is 13.3. The summed E-state index contributed by atoms with van der Waals surface area (Å²) in [5.74, 6) is 0. The number of ether oxygens (including phenoxy) is 1. The number of amides is 1. The Morgan fingerprint density at radius 1 is 1.50 bits per heavy atom. The summed E-state index contributed by atoms with van der Waals surface area (Å²) in [4.78, 5) is 22.8. The largest absolute Gasteiger partial charge is 0.442 e. The average molecular weight is 252 g/mol. The van der Waals surface area contributed by atoms with Crippen LogP contribution in [0.4, 0.5) is 10.5 Å². The summed E-state index contributed by atoms with van der Waals surface area (Å²) < 4.78 is 4.83. The fourth-order valence-electron chi connectivity index (χ4n) is 1.81. The second-order valence-electron chi connectivity index (χ2n) is 4.02. The zero-order valence-electron chi connectivity index (χ0n) is 9.65. The van der Waals surface area contributed by atoms with Gasteiger partial charge in [0.15, 0.2) is 6.23 Å². The molecule has 1 heterocycles. The Morgan fingerprint density at radius 3 is 2.72 bits per heavy atom. The maximum absolute atomic E-state index is 11.5. The number of nitro groups is 1. The summed E-state index contributed by atoms with van der Waals surface area (Å²) in [5.41, 5.74) is 0.268. The number of carbonyl (C=O) groups excluding carboxylic acids is 1. The van der Waals surface area contributed by atoms with Gasteiger partial charge >= 0.3 is 6.09 Å². The van der Waals surface area contributed by atoms with Crippen LogP contribution < -0.4 is 0 Å². The molecule has 0 radical (unpaired) electrons. The van der Waals surface area contributed by atoms with Gasteiger partial charge in [0.05, 0.1) is 11.5 Å². The van der Waals surface area contributed by atoms with Gasteiger partial charge in [0, 0.05) is 11.6 Å². The third-order valence-electron chi connectivity index (χ3n) is 2.79. The van der Waals surface area contributed by atoms with Gasteiger partial charge in [-0.05, 0) is 6.92 Å². The fourth-order valence-corrected chi connectivity index (χ4v) is 1.81. The Balaban J connectivity index is 2.24. The number of cyclic esters (lactones) is 1. The van der Waals surface area contributed by atoms with E-state index in [1.165, 1.54) is 6.07 Å². The fraction of sp³-hybridized carbons (Fsp3) is 0.364. The molecule has 96 valence electrons. The molecule has 1 N–H and O–H groups in total. The standard InChI is InChI=1S/C11H12N2O5/c1-7-10(14)12(11(15)18-7)6-8-4-2-3-5-9(8)13(16)17/h2-5,7,10,14H,6H2,1H3. The smallest absolute Gasteiger partial charge is 0.412 e. The third-order valence-corrected chi connectivity index (χ3v) is 2.79. The molecule has 0 bridgehead atoms. The molecule has 1 aliphatic rings. The van der Waals surface area contributed by atoms with Crippen molar-refractivity contribution in [1.29, 1.82) is 0 Å². The highest BCUT2D eigenvalue weighted by Gasteiger charge is 2.38. The second-order valence-corrected chi connectivity index (χ2v) is 4.02. The van der Waals surface area contributed by atoms with Gasteiger partial charge in [0.25, 0.3) is 5.69 Å².